The predicted molar refractivity (Wildman–Crippen MR) is 127 cm³/mol. The van der Waals surface area contributed by atoms with E-state index in [-0.39, 0.29) is 24.1 Å². The molecule has 3 amide bonds. The third-order valence-electron chi connectivity index (χ3n) is 6.00. The van der Waals surface area contributed by atoms with Crippen LogP contribution in [0.2, 0.25) is 0 Å². The lowest BCUT2D eigenvalue weighted by Crippen LogP contribution is -2.30. The zero-order valence-electron chi connectivity index (χ0n) is 18.4. The van der Waals surface area contributed by atoms with Crippen LogP contribution in [-0.4, -0.2) is 42.3 Å². The Morgan fingerprint density at radius 1 is 0.969 bits per heavy atom. The fourth-order valence-corrected chi connectivity index (χ4v) is 4.19. The van der Waals surface area contributed by atoms with Crippen molar-refractivity contribution in [1.82, 2.24) is 4.90 Å². The van der Waals surface area contributed by atoms with Gasteiger partial charge in [-0.15, -0.1) is 0 Å². The number of anilines is 2. The summed E-state index contributed by atoms with van der Waals surface area (Å²) in [5, 5.41) is 4.95. The van der Waals surface area contributed by atoms with E-state index in [2.05, 4.69) is 5.32 Å². The molecule has 1 N–H and O–H groups in total. The molecule has 0 spiro atoms. The Morgan fingerprint density at radius 3 is 2.38 bits per heavy atom. The van der Waals surface area contributed by atoms with E-state index in [1.165, 1.54) is 0 Å². The second kappa shape index (κ2) is 9.22. The smallest absolute Gasteiger partial charge is 0.253 e. The summed E-state index contributed by atoms with van der Waals surface area (Å²) in [7, 11) is 0. The van der Waals surface area contributed by atoms with Crippen molar-refractivity contribution in [3.63, 3.8) is 0 Å². The van der Waals surface area contributed by atoms with Crippen LogP contribution in [0.3, 0.4) is 0 Å². The maximum absolute atomic E-state index is 12.9. The van der Waals surface area contributed by atoms with E-state index in [1.807, 2.05) is 56.3 Å². The highest BCUT2D eigenvalue weighted by Gasteiger charge is 2.35. The second-order valence-corrected chi connectivity index (χ2v) is 7.95. The Kier molecular flexibility index (Phi) is 6.21. The quantitative estimate of drug-likeness (QED) is 0.635. The van der Waals surface area contributed by atoms with E-state index in [1.54, 1.807) is 34.1 Å². The summed E-state index contributed by atoms with van der Waals surface area (Å²) in [6.07, 6.45) is 0.174. The van der Waals surface area contributed by atoms with Crippen molar-refractivity contribution in [3.8, 4) is 0 Å². The van der Waals surface area contributed by atoms with Gasteiger partial charge in [0, 0.05) is 42.7 Å². The van der Waals surface area contributed by atoms with Crippen LogP contribution in [0.15, 0.2) is 66.7 Å². The van der Waals surface area contributed by atoms with Gasteiger partial charge in [0.1, 0.15) is 0 Å². The third-order valence-corrected chi connectivity index (χ3v) is 6.00. The highest BCUT2D eigenvalue weighted by Crippen LogP contribution is 2.32. The Morgan fingerprint density at radius 2 is 1.66 bits per heavy atom. The SMILES string of the molecule is CCN(CC)C(=O)c1ccc(NC(=O)C2CC(=O)N(c3cccc4ccccc34)C2)cc1. The fourth-order valence-electron chi connectivity index (χ4n) is 4.19. The number of carbonyl (C=O) groups is 3. The lowest BCUT2D eigenvalue weighted by atomic mass is 10.1. The number of hydrogen-bond donors (Lipinski definition) is 1. The van der Waals surface area contributed by atoms with Crippen molar-refractivity contribution in [2.45, 2.75) is 20.3 Å². The first-order chi connectivity index (χ1) is 15.5. The minimum atomic E-state index is -0.432. The Hall–Kier alpha value is -3.67. The van der Waals surface area contributed by atoms with Gasteiger partial charge in [-0.2, -0.15) is 0 Å². The molecule has 1 saturated heterocycles. The minimum Gasteiger partial charge on any atom is -0.339 e. The van der Waals surface area contributed by atoms with Crippen LogP contribution in [0.1, 0.15) is 30.6 Å². The van der Waals surface area contributed by atoms with Crippen LogP contribution in [-0.2, 0) is 9.59 Å². The number of nitrogens with one attached hydrogen (secondary N) is 1. The second-order valence-electron chi connectivity index (χ2n) is 7.95. The summed E-state index contributed by atoms with van der Waals surface area (Å²) < 4.78 is 0. The van der Waals surface area contributed by atoms with Crippen LogP contribution < -0.4 is 10.2 Å². The molecule has 32 heavy (non-hydrogen) atoms. The van der Waals surface area contributed by atoms with E-state index in [0.29, 0.717) is 30.9 Å². The van der Waals surface area contributed by atoms with Gasteiger partial charge in [-0.05, 0) is 49.6 Å². The average Bonchev–Trinajstić information content (AvgIpc) is 3.21. The molecule has 1 unspecified atom stereocenters. The summed E-state index contributed by atoms with van der Waals surface area (Å²) in [5.41, 5.74) is 2.04. The van der Waals surface area contributed by atoms with Crippen LogP contribution in [0.25, 0.3) is 10.8 Å². The number of benzene rings is 3. The number of nitrogens with zero attached hydrogens (tertiary/aromatic N) is 2. The third kappa shape index (κ3) is 4.21. The summed E-state index contributed by atoms with van der Waals surface area (Å²) in [6.45, 7) is 5.53. The average molecular weight is 430 g/mol. The van der Waals surface area contributed by atoms with Gasteiger partial charge < -0.3 is 15.1 Å². The summed E-state index contributed by atoms with van der Waals surface area (Å²) in [5.74, 6) is -0.705. The van der Waals surface area contributed by atoms with Gasteiger partial charge in [0.25, 0.3) is 5.91 Å². The molecule has 3 aromatic carbocycles. The fraction of sp³-hybridized carbons (Fsp3) is 0.269. The highest BCUT2D eigenvalue weighted by molar-refractivity contribution is 6.08. The van der Waals surface area contributed by atoms with Gasteiger partial charge in [0.15, 0.2) is 0 Å². The first kappa shape index (κ1) is 21.6. The molecule has 3 aromatic rings. The Bertz CT molecular complexity index is 1150. The molecule has 1 aliphatic rings. The van der Waals surface area contributed by atoms with Crippen molar-refractivity contribution in [2.75, 3.05) is 29.9 Å². The lowest BCUT2D eigenvalue weighted by molar-refractivity contribution is -0.122. The van der Waals surface area contributed by atoms with E-state index < -0.39 is 5.92 Å². The number of amides is 3. The Balaban J connectivity index is 1.45. The largest absolute Gasteiger partial charge is 0.339 e. The number of hydrogen-bond acceptors (Lipinski definition) is 3. The van der Waals surface area contributed by atoms with Gasteiger partial charge in [-0.25, -0.2) is 0 Å². The molecule has 6 heteroatoms. The summed E-state index contributed by atoms with van der Waals surface area (Å²) >= 11 is 0. The molecule has 0 aromatic heterocycles. The molecule has 0 bridgehead atoms. The van der Waals surface area contributed by atoms with Crippen molar-refractivity contribution < 1.29 is 14.4 Å². The van der Waals surface area contributed by atoms with E-state index in [0.717, 1.165) is 16.5 Å². The monoisotopic (exact) mass is 429 g/mol. The van der Waals surface area contributed by atoms with E-state index in [9.17, 15) is 14.4 Å². The van der Waals surface area contributed by atoms with E-state index in [4.69, 9.17) is 0 Å². The zero-order chi connectivity index (χ0) is 22.7. The van der Waals surface area contributed by atoms with Gasteiger partial charge in [-0.1, -0.05) is 36.4 Å². The highest BCUT2D eigenvalue weighted by atomic mass is 16.2. The molecule has 4 rings (SSSR count). The van der Waals surface area contributed by atoms with Crippen LogP contribution in [0.4, 0.5) is 11.4 Å². The lowest BCUT2D eigenvalue weighted by Gasteiger charge is -2.19. The van der Waals surface area contributed by atoms with Crippen molar-refractivity contribution in [2.24, 2.45) is 5.92 Å². The normalized spacial score (nSPS) is 15.8. The molecule has 0 radical (unpaired) electrons. The van der Waals surface area contributed by atoms with Gasteiger partial charge in [-0.3, -0.25) is 14.4 Å². The first-order valence-corrected chi connectivity index (χ1v) is 11.0. The molecule has 0 aliphatic carbocycles. The molecular weight excluding hydrogens is 402 g/mol. The van der Waals surface area contributed by atoms with Crippen LogP contribution in [0.5, 0.6) is 0 Å². The molecule has 0 saturated carbocycles. The topological polar surface area (TPSA) is 69.7 Å². The molecule has 1 aliphatic heterocycles. The summed E-state index contributed by atoms with van der Waals surface area (Å²) in [6, 6.07) is 20.7. The number of rotatable bonds is 6. The van der Waals surface area contributed by atoms with Gasteiger partial charge in [0.2, 0.25) is 11.8 Å². The molecule has 1 atom stereocenters. The van der Waals surface area contributed by atoms with Gasteiger partial charge >= 0.3 is 0 Å². The maximum Gasteiger partial charge on any atom is 0.253 e. The van der Waals surface area contributed by atoms with Crippen molar-refractivity contribution >= 4 is 39.9 Å². The standard InChI is InChI=1S/C26H27N3O3/c1-3-28(4-2)26(32)19-12-14-21(15-13-19)27-25(31)20-16-24(30)29(17-20)23-11-7-9-18-8-5-6-10-22(18)23/h5-15,20H,3-4,16-17H2,1-2H3,(H,27,31). The van der Waals surface area contributed by atoms with Crippen LogP contribution >= 0.6 is 0 Å². The zero-order valence-corrected chi connectivity index (χ0v) is 18.4. The van der Waals surface area contributed by atoms with Crippen molar-refractivity contribution in [1.29, 1.82) is 0 Å². The van der Waals surface area contributed by atoms with Crippen LogP contribution in [0, 0.1) is 5.92 Å². The Labute approximate surface area is 187 Å². The molecule has 1 fully saturated rings. The number of fused-ring (bicyclic) bond motifs is 1. The molecule has 1 heterocycles. The maximum atomic E-state index is 12.9. The van der Waals surface area contributed by atoms with Gasteiger partial charge in [0.05, 0.1) is 11.6 Å². The minimum absolute atomic E-state index is 0.0278. The van der Waals surface area contributed by atoms with Crippen molar-refractivity contribution in [3.05, 3.63) is 72.3 Å². The molecule has 164 valence electrons. The molecule has 6 nitrogen and oxygen atoms in total. The molecular formula is C26H27N3O3. The summed E-state index contributed by atoms with van der Waals surface area (Å²) in [4.78, 5) is 41.5. The predicted octanol–water partition coefficient (Wildman–Crippen LogP) is 4.31. The first-order valence-electron chi connectivity index (χ1n) is 11.0. The number of carbonyl (C=O) groups excluding carboxylic acids is 3. The van der Waals surface area contributed by atoms with E-state index >= 15 is 0 Å².